The molecule has 4 nitrogen and oxygen atoms in total. The number of hydrogen-bond acceptors (Lipinski definition) is 3. The lowest BCUT2D eigenvalue weighted by atomic mass is 9.74. The van der Waals surface area contributed by atoms with Gasteiger partial charge in [-0.25, -0.2) is 0 Å². The van der Waals surface area contributed by atoms with Crippen molar-refractivity contribution in [2.45, 2.75) is 52.0 Å². The number of aliphatic carboxylic acids is 1. The van der Waals surface area contributed by atoms with Gasteiger partial charge >= 0.3 is 5.97 Å². The van der Waals surface area contributed by atoms with E-state index in [1.54, 1.807) is 6.07 Å². The average molecular weight is 317 g/mol. The minimum Gasteiger partial charge on any atom is -0.480 e. The van der Waals surface area contributed by atoms with Crippen LogP contribution < -0.4 is 5.73 Å². The lowest BCUT2D eigenvalue weighted by Crippen LogP contribution is -2.32. The molecule has 23 heavy (non-hydrogen) atoms. The monoisotopic (exact) mass is 317 g/mol. The summed E-state index contributed by atoms with van der Waals surface area (Å²) >= 11 is 0. The van der Waals surface area contributed by atoms with Crippen LogP contribution in [0.1, 0.15) is 55.5 Å². The molecule has 1 aromatic rings. The van der Waals surface area contributed by atoms with Gasteiger partial charge in [0, 0.05) is 11.5 Å². The number of nitrogens with two attached hydrogens (primary N) is 1. The van der Waals surface area contributed by atoms with Crippen molar-refractivity contribution in [3.8, 4) is 0 Å². The number of carbonyl (C=O) groups is 2. The van der Waals surface area contributed by atoms with Gasteiger partial charge in [0.1, 0.15) is 6.04 Å². The normalized spacial score (nSPS) is 22.8. The number of carboxylic acids is 1. The largest absolute Gasteiger partial charge is 0.480 e. The topological polar surface area (TPSA) is 80.4 Å². The second-order valence-electron chi connectivity index (χ2n) is 7.07. The van der Waals surface area contributed by atoms with Crippen LogP contribution in [0.25, 0.3) is 0 Å². The summed E-state index contributed by atoms with van der Waals surface area (Å²) in [5, 5.41) is 8.90. The third kappa shape index (κ3) is 4.64. The fourth-order valence-electron chi connectivity index (χ4n) is 3.48. The lowest BCUT2D eigenvalue weighted by molar-refractivity contribution is -0.138. The van der Waals surface area contributed by atoms with Crippen molar-refractivity contribution >= 4 is 11.8 Å². The summed E-state index contributed by atoms with van der Waals surface area (Å²) in [7, 11) is 0. The zero-order chi connectivity index (χ0) is 17.0. The maximum atomic E-state index is 12.7. The summed E-state index contributed by atoms with van der Waals surface area (Å²) in [5.74, 6) is 0.700. The molecule has 0 aliphatic heterocycles. The second-order valence-corrected chi connectivity index (χ2v) is 7.07. The fourth-order valence-corrected chi connectivity index (χ4v) is 3.48. The Morgan fingerprint density at radius 3 is 2.43 bits per heavy atom. The first-order valence-corrected chi connectivity index (χ1v) is 8.50. The van der Waals surface area contributed by atoms with E-state index in [1.165, 1.54) is 0 Å². The van der Waals surface area contributed by atoms with E-state index in [0.29, 0.717) is 11.5 Å². The third-order valence-electron chi connectivity index (χ3n) is 5.07. The van der Waals surface area contributed by atoms with Crippen LogP contribution in [0.5, 0.6) is 0 Å². The molecule has 3 N–H and O–H groups in total. The number of hydrogen-bond donors (Lipinski definition) is 2. The molecule has 0 unspecified atom stereocenters. The summed E-state index contributed by atoms with van der Waals surface area (Å²) < 4.78 is 0. The van der Waals surface area contributed by atoms with Gasteiger partial charge in [0.05, 0.1) is 0 Å². The number of rotatable bonds is 6. The van der Waals surface area contributed by atoms with Crippen LogP contribution in [0.15, 0.2) is 24.3 Å². The predicted octanol–water partition coefficient (Wildman–Crippen LogP) is 3.29. The maximum Gasteiger partial charge on any atom is 0.320 e. The minimum absolute atomic E-state index is 0.105. The third-order valence-corrected chi connectivity index (χ3v) is 5.07. The van der Waals surface area contributed by atoms with Crippen LogP contribution in [0.2, 0.25) is 0 Å². The predicted molar refractivity (Wildman–Crippen MR) is 90.4 cm³/mol. The van der Waals surface area contributed by atoms with Gasteiger partial charge in [0.2, 0.25) is 0 Å². The van der Waals surface area contributed by atoms with Crippen LogP contribution >= 0.6 is 0 Å². The minimum atomic E-state index is -1.02. The Balaban J connectivity index is 2.01. The average Bonchev–Trinajstić information content (AvgIpc) is 2.54. The SMILES string of the molecule is CC(C)C1CCC(C(=O)c2cccc(C[C@@H](N)C(=O)O)c2)CC1. The van der Waals surface area contributed by atoms with Gasteiger partial charge in [-0.15, -0.1) is 0 Å². The maximum absolute atomic E-state index is 12.7. The molecule has 2 rings (SSSR count). The lowest BCUT2D eigenvalue weighted by Gasteiger charge is -2.30. The fraction of sp³-hybridized carbons (Fsp3) is 0.579. The second kappa shape index (κ2) is 7.73. The van der Waals surface area contributed by atoms with Gasteiger partial charge in [-0.05, 0) is 55.6 Å². The zero-order valence-electron chi connectivity index (χ0n) is 14.0. The number of benzene rings is 1. The molecule has 1 fully saturated rings. The summed E-state index contributed by atoms with van der Waals surface area (Å²) in [6.07, 6.45) is 4.41. The molecular weight excluding hydrogens is 290 g/mol. The summed E-state index contributed by atoms with van der Waals surface area (Å²) in [6, 6.07) is 6.35. The van der Waals surface area contributed by atoms with Gasteiger partial charge in [-0.3, -0.25) is 9.59 Å². The highest BCUT2D eigenvalue weighted by atomic mass is 16.4. The van der Waals surface area contributed by atoms with Crippen LogP contribution in [0.4, 0.5) is 0 Å². The molecule has 1 aliphatic rings. The Morgan fingerprint density at radius 2 is 1.87 bits per heavy atom. The van der Waals surface area contributed by atoms with Crippen molar-refractivity contribution in [1.29, 1.82) is 0 Å². The Kier molecular flexibility index (Phi) is 5.94. The summed E-state index contributed by atoms with van der Waals surface area (Å²) in [6.45, 7) is 4.50. The Bertz CT molecular complexity index is 559. The molecule has 0 bridgehead atoms. The standard InChI is InChI=1S/C19H27NO3/c1-12(2)14-6-8-15(9-7-14)18(21)16-5-3-4-13(10-16)11-17(20)19(22)23/h3-5,10,12,14-15,17H,6-9,11,20H2,1-2H3,(H,22,23)/t14?,15?,17-/m1/s1. The van der Waals surface area contributed by atoms with E-state index < -0.39 is 12.0 Å². The van der Waals surface area contributed by atoms with Crippen molar-refractivity contribution < 1.29 is 14.7 Å². The van der Waals surface area contributed by atoms with Crippen molar-refractivity contribution in [2.75, 3.05) is 0 Å². The highest BCUT2D eigenvalue weighted by molar-refractivity contribution is 5.98. The Morgan fingerprint density at radius 1 is 1.22 bits per heavy atom. The first-order valence-electron chi connectivity index (χ1n) is 8.50. The molecule has 1 aliphatic carbocycles. The zero-order valence-corrected chi connectivity index (χ0v) is 14.0. The van der Waals surface area contributed by atoms with E-state index in [0.717, 1.165) is 37.2 Å². The van der Waals surface area contributed by atoms with Crippen molar-refractivity contribution in [3.63, 3.8) is 0 Å². The molecule has 126 valence electrons. The molecule has 1 atom stereocenters. The van der Waals surface area contributed by atoms with Gasteiger partial charge < -0.3 is 10.8 Å². The van der Waals surface area contributed by atoms with Crippen molar-refractivity contribution in [3.05, 3.63) is 35.4 Å². The van der Waals surface area contributed by atoms with Crippen molar-refractivity contribution in [1.82, 2.24) is 0 Å². The van der Waals surface area contributed by atoms with E-state index in [2.05, 4.69) is 13.8 Å². The Hall–Kier alpha value is -1.68. The van der Waals surface area contributed by atoms with E-state index in [-0.39, 0.29) is 18.1 Å². The van der Waals surface area contributed by atoms with Crippen LogP contribution in [-0.4, -0.2) is 22.9 Å². The molecule has 1 aromatic carbocycles. The van der Waals surface area contributed by atoms with E-state index in [1.807, 2.05) is 18.2 Å². The van der Waals surface area contributed by atoms with E-state index >= 15 is 0 Å². The van der Waals surface area contributed by atoms with Gasteiger partial charge in [0.25, 0.3) is 0 Å². The highest BCUT2D eigenvalue weighted by Crippen LogP contribution is 2.34. The molecule has 0 heterocycles. The van der Waals surface area contributed by atoms with E-state index in [4.69, 9.17) is 10.8 Å². The number of ketones is 1. The molecule has 0 aromatic heterocycles. The molecule has 0 amide bonds. The Labute approximate surface area is 138 Å². The van der Waals surface area contributed by atoms with Gasteiger partial charge in [-0.2, -0.15) is 0 Å². The van der Waals surface area contributed by atoms with Crippen LogP contribution in [-0.2, 0) is 11.2 Å². The molecule has 0 radical (unpaired) electrons. The van der Waals surface area contributed by atoms with Crippen molar-refractivity contribution in [2.24, 2.45) is 23.5 Å². The molecular formula is C19H27NO3. The molecule has 0 saturated heterocycles. The van der Waals surface area contributed by atoms with Gasteiger partial charge in [-0.1, -0.05) is 32.0 Å². The van der Waals surface area contributed by atoms with Crippen LogP contribution in [0.3, 0.4) is 0 Å². The molecule has 1 saturated carbocycles. The van der Waals surface area contributed by atoms with Gasteiger partial charge in [0.15, 0.2) is 5.78 Å². The number of Topliss-reactive ketones (excluding diaryl/α,β-unsaturated/α-hetero) is 1. The highest BCUT2D eigenvalue weighted by Gasteiger charge is 2.28. The molecule has 4 heteroatoms. The molecule has 0 spiro atoms. The summed E-state index contributed by atoms with van der Waals surface area (Å²) in [5.41, 5.74) is 7.07. The number of carbonyl (C=O) groups excluding carboxylic acids is 1. The first kappa shape index (κ1) is 17.7. The first-order chi connectivity index (χ1) is 10.9. The number of carboxylic acid groups (broad SMARTS) is 1. The van der Waals surface area contributed by atoms with E-state index in [9.17, 15) is 9.59 Å². The quantitative estimate of drug-likeness (QED) is 0.789. The summed E-state index contributed by atoms with van der Waals surface area (Å²) in [4.78, 5) is 23.6. The smallest absolute Gasteiger partial charge is 0.320 e. The van der Waals surface area contributed by atoms with Crippen LogP contribution in [0, 0.1) is 17.8 Å².